The van der Waals surface area contributed by atoms with Crippen molar-refractivity contribution in [3.05, 3.63) is 18.0 Å². The van der Waals surface area contributed by atoms with E-state index in [1.54, 1.807) is 0 Å². The Morgan fingerprint density at radius 3 is 2.89 bits per heavy atom. The molecular weight excluding hydrogens is 222 g/mol. The highest BCUT2D eigenvalue weighted by molar-refractivity contribution is 5.26. The van der Waals surface area contributed by atoms with Crippen LogP contribution in [-0.4, -0.2) is 22.4 Å². The predicted octanol–water partition coefficient (Wildman–Crippen LogP) is 2.78. The van der Waals surface area contributed by atoms with Gasteiger partial charge in [0.1, 0.15) is 0 Å². The predicted molar refractivity (Wildman–Crippen MR) is 73.6 cm³/mol. The maximum Gasteiger partial charge on any atom is 0.0492 e. The quantitative estimate of drug-likeness (QED) is 0.837. The summed E-state index contributed by atoms with van der Waals surface area (Å²) in [5, 5.41) is 8.16. The van der Waals surface area contributed by atoms with Gasteiger partial charge in [-0.2, -0.15) is 5.10 Å². The molecule has 0 radical (unpaired) electrons. The van der Waals surface area contributed by atoms with Gasteiger partial charge in [0.15, 0.2) is 0 Å². The van der Waals surface area contributed by atoms with Crippen molar-refractivity contribution in [3.8, 4) is 0 Å². The summed E-state index contributed by atoms with van der Waals surface area (Å²) >= 11 is 0. The molecule has 0 spiro atoms. The SMILES string of the molecule is CCCn1nccc1C1C(CNC2CC2)C1(C)C. The first-order valence-corrected chi connectivity index (χ1v) is 7.39. The Kier molecular flexibility index (Phi) is 2.97. The van der Waals surface area contributed by atoms with Crippen molar-refractivity contribution in [1.82, 2.24) is 15.1 Å². The fraction of sp³-hybridized carbons (Fsp3) is 0.800. The number of nitrogens with zero attached hydrogens (tertiary/aromatic N) is 2. The Labute approximate surface area is 110 Å². The number of nitrogens with one attached hydrogen (secondary N) is 1. The van der Waals surface area contributed by atoms with Gasteiger partial charge < -0.3 is 5.32 Å². The summed E-state index contributed by atoms with van der Waals surface area (Å²) in [6.07, 6.45) is 5.88. The van der Waals surface area contributed by atoms with Crippen LogP contribution in [0.1, 0.15) is 51.6 Å². The summed E-state index contributed by atoms with van der Waals surface area (Å²) in [4.78, 5) is 0. The Bertz CT molecular complexity index is 417. The zero-order valence-electron chi connectivity index (χ0n) is 11.8. The van der Waals surface area contributed by atoms with Crippen LogP contribution in [-0.2, 0) is 6.54 Å². The number of hydrogen-bond acceptors (Lipinski definition) is 2. The van der Waals surface area contributed by atoms with Crippen LogP contribution in [0.2, 0.25) is 0 Å². The van der Waals surface area contributed by atoms with E-state index in [2.05, 4.69) is 41.9 Å². The average Bonchev–Trinajstić information content (AvgIpc) is 3.17. The summed E-state index contributed by atoms with van der Waals surface area (Å²) in [6, 6.07) is 3.04. The normalized spacial score (nSPS) is 29.5. The van der Waals surface area contributed by atoms with Crippen LogP contribution in [0, 0.1) is 11.3 Å². The third-order valence-electron chi connectivity index (χ3n) is 4.76. The van der Waals surface area contributed by atoms with Crippen molar-refractivity contribution < 1.29 is 0 Å². The molecular formula is C15H25N3. The number of aromatic nitrogens is 2. The monoisotopic (exact) mass is 247 g/mol. The van der Waals surface area contributed by atoms with Crippen molar-refractivity contribution in [2.24, 2.45) is 11.3 Å². The van der Waals surface area contributed by atoms with Crippen molar-refractivity contribution in [2.75, 3.05) is 6.54 Å². The van der Waals surface area contributed by atoms with E-state index in [0.29, 0.717) is 11.3 Å². The van der Waals surface area contributed by atoms with Crippen LogP contribution in [0.25, 0.3) is 0 Å². The Morgan fingerprint density at radius 2 is 2.22 bits per heavy atom. The molecule has 2 unspecified atom stereocenters. The van der Waals surface area contributed by atoms with E-state index in [1.807, 2.05) is 6.20 Å². The Balaban J connectivity index is 1.68. The second-order valence-corrected chi connectivity index (χ2v) is 6.57. The topological polar surface area (TPSA) is 29.9 Å². The van der Waals surface area contributed by atoms with Crippen molar-refractivity contribution >= 4 is 0 Å². The van der Waals surface area contributed by atoms with Gasteiger partial charge in [0, 0.05) is 30.4 Å². The molecule has 3 rings (SSSR count). The largest absolute Gasteiger partial charge is 0.314 e. The highest BCUT2D eigenvalue weighted by atomic mass is 15.3. The molecule has 0 bridgehead atoms. The summed E-state index contributed by atoms with van der Waals surface area (Å²) in [5.41, 5.74) is 1.89. The minimum atomic E-state index is 0.438. The number of aryl methyl sites for hydroxylation is 1. The van der Waals surface area contributed by atoms with E-state index in [0.717, 1.165) is 24.9 Å². The Hall–Kier alpha value is -0.830. The lowest BCUT2D eigenvalue weighted by atomic mass is 10.1. The Morgan fingerprint density at radius 1 is 1.44 bits per heavy atom. The van der Waals surface area contributed by atoms with Gasteiger partial charge in [-0.1, -0.05) is 20.8 Å². The first-order chi connectivity index (χ1) is 8.64. The van der Waals surface area contributed by atoms with Crippen LogP contribution in [0.15, 0.2) is 12.3 Å². The van der Waals surface area contributed by atoms with Gasteiger partial charge in [-0.3, -0.25) is 4.68 Å². The number of rotatable bonds is 6. The number of hydrogen-bond donors (Lipinski definition) is 1. The summed E-state index contributed by atoms with van der Waals surface area (Å²) < 4.78 is 2.21. The molecule has 0 saturated heterocycles. The molecule has 1 heterocycles. The molecule has 2 atom stereocenters. The van der Waals surface area contributed by atoms with E-state index in [-0.39, 0.29) is 0 Å². The van der Waals surface area contributed by atoms with Crippen LogP contribution in [0.4, 0.5) is 0 Å². The van der Waals surface area contributed by atoms with E-state index < -0.39 is 0 Å². The van der Waals surface area contributed by atoms with Gasteiger partial charge in [0.2, 0.25) is 0 Å². The van der Waals surface area contributed by atoms with Crippen molar-refractivity contribution in [3.63, 3.8) is 0 Å². The van der Waals surface area contributed by atoms with Gasteiger partial charge in [-0.15, -0.1) is 0 Å². The molecule has 3 nitrogen and oxygen atoms in total. The summed E-state index contributed by atoms with van der Waals surface area (Å²) in [7, 11) is 0. The van der Waals surface area contributed by atoms with E-state index in [9.17, 15) is 0 Å². The van der Waals surface area contributed by atoms with Gasteiger partial charge in [0.05, 0.1) is 0 Å². The molecule has 0 aliphatic heterocycles. The minimum Gasteiger partial charge on any atom is -0.314 e. The smallest absolute Gasteiger partial charge is 0.0492 e. The zero-order chi connectivity index (χ0) is 12.8. The van der Waals surface area contributed by atoms with Crippen LogP contribution < -0.4 is 5.32 Å². The maximum atomic E-state index is 4.47. The van der Waals surface area contributed by atoms with E-state index in [1.165, 1.54) is 25.1 Å². The second-order valence-electron chi connectivity index (χ2n) is 6.57. The first kappa shape index (κ1) is 12.2. The highest BCUT2D eigenvalue weighted by Crippen LogP contribution is 2.64. The van der Waals surface area contributed by atoms with Gasteiger partial charge in [0.25, 0.3) is 0 Å². The molecule has 0 amide bonds. The molecule has 2 saturated carbocycles. The molecule has 18 heavy (non-hydrogen) atoms. The zero-order valence-corrected chi connectivity index (χ0v) is 11.8. The lowest BCUT2D eigenvalue weighted by Gasteiger charge is -2.07. The molecule has 2 aliphatic rings. The van der Waals surface area contributed by atoms with Gasteiger partial charge in [-0.25, -0.2) is 0 Å². The van der Waals surface area contributed by atoms with Crippen LogP contribution in [0.5, 0.6) is 0 Å². The average molecular weight is 247 g/mol. The minimum absolute atomic E-state index is 0.438. The molecule has 0 aromatic carbocycles. The summed E-state index contributed by atoms with van der Waals surface area (Å²) in [5.74, 6) is 1.48. The lowest BCUT2D eigenvalue weighted by Crippen LogP contribution is -2.20. The van der Waals surface area contributed by atoms with Crippen LogP contribution >= 0.6 is 0 Å². The molecule has 2 fully saturated rings. The first-order valence-electron chi connectivity index (χ1n) is 7.39. The molecule has 3 heteroatoms. The molecule has 1 N–H and O–H groups in total. The fourth-order valence-electron chi connectivity index (χ4n) is 3.30. The highest BCUT2D eigenvalue weighted by Gasteiger charge is 2.59. The van der Waals surface area contributed by atoms with Gasteiger partial charge >= 0.3 is 0 Å². The second kappa shape index (κ2) is 4.37. The van der Waals surface area contributed by atoms with Crippen molar-refractivity contribution in [2.45, 2.75) is 58.5 Å². The maximum absolute atomic E-state index is 4.47. The van der Waals surface area contributed by atoms with E-state index in [4.69, 9.17) is 0 Å². The molecule has 1 aromatic rings. The fourth-order valence-corrected chi connectivity index (χ4v) is 3.30. The van der Waals surface area contributed by atoms with E-state index >= 15 is 0 Å². The molecule has 1 aromatic heterocycles. The summed E-state index contributed by atoms with van der Waals surface area (Å²) in [6.45, 7) is 9.26. The third kappa shape index (κ3) is 2.09. The van der Waals surface area contributed by atoms with Gasteiger partial charge in [-0.05, 0) is 43.2 Å². The molecule has 100 valence electrons. The van der Waals surface area contributed by atoms with Crippen molar-refractivity contribution in [1.29, 1.82) is 0 Å². The lowest BCUT2D eigenvalue weighted by molar-refractivity contribution is 0.514. The third-order valence-corrected chi connectivity index (χ3v) is 4.76. The molecule has 2 aliphatic carbocycles. The standard InChI is InChI=1S/C15H25N3/c1-4-9-18-13(7-8-17-18)14-12(15(14,2)3)10-16-11-5-6-11/h7-8,11-12,14,16H,4-6,9-10H2,1-3H3. The van der Waals surface area contributed by atoms with Crippen LogP contribution in [0.3, 0.4) is 0 Å².